The van der Waals surface area contributed by atoms with E-state index < -0.39 is 35.5 Å². The Balaban J connectivity index is 1.29. The highest BCUT2D eigenvalue weighted by Gasteiger charge is 2.51. The van der Waals surface area contributed by atoms with Crippen molar-refractivity contribution in [2.75, 3.05) is 18.0 Å². The van der Waals surface area contributed by atoms with Crippen LogP contribution in [0.4, 0.5) is 24.8 Å². The van der Waals surface area contributed by atoms with Crippen LogP contribution in [0, 0.1) is 0 Å². The molecular weight excluding hydrogens is 692 g/mol. The molecule has 0 radical (unpaired) electrons. The van der Waals surface area contributed by atoms with Crippen molar-refractivity contribution in [3.63, 3.8) is 0 Å². The molecule has 3 amide bonds. The van der Waals surface area contributed by atoms with E-state index in [4.69, 9.17) is 27.7 Å². The van der Waals surface area contributed by atoms with Gasteiger partial charge in [0, 0.05) is 41.5 Å². The number of likely N-dealkylation sites (tertiary alicyclic amines) is 1. The maximum absolute atomic E-state index is 14.3. The van der Waals surface area contributed by atoms with Crippen LogP contribution in [-0.2, 0) is 21.5 Å². The van der Waals surface area contributed by atoms with E-state index in [9.17, 15) is 32.3 Å². The number of H-pyrrole nitrogens is 1. The van der Waals surface area contributed by atoms with E-state index in [1.807, 2.05) is 0 Å². The summed E-state index contributed by atoms with van der Waals surface area (Å²) in [6.45, 7) is 3.85. The lowest BCUT2D eigenvalue weighted by Gasteiger charge is -2.33. The summed E-state index contributed by atoms with van der Waals surface area (Å²) < 4.78 is 48.9. The molecule has 258 valence electrons. The van der Waals surface area contributed by atoms with Gasteiger partial charge in [-0.1, -0.05) is 35.3 Å². The standard InChI is InChI=1S/C32H29Cl2F3N6O6/c1-17(28(46)41-9-3-4-19(16-41)25-13-26(44)40-49-25)39-27(45)24-15-38-30-42(22-11-20(33)10-21(34)12-22)29(47)31(2,43(24)30)14-18-5-7-23(8-6-18)48-32(35,36)37/h5-8,10-13,15,17,19H,3-4,9,14,16H2,1-2H3,(H,39,45)(H,40,44)/t17?,19?,31-/m1/s1. The highest BCUT2D eigenvalue weighted by Crippen LogP contribution is 2.43. The third kappa shape index (κ3) is 6.90. The van der Waals surface area contributed by atoms with Gasteiger partial charge in [-0.15, -0.1) is 13.2 Å². The summed E-state index contributed by atoms with van der Waals surface area (Å²) in [6, 6.07) is 9.90. The molecule has 4 heterocycles. The smallest absolute Gasteiger partial charge is 0.406 e. The number of halogens is 5. The van der Waals surface area contributed by atoms with Gasteiger partial charge in [-0.25, -0.2) is 9.88 Å². The first-order valence-electron chi connectivity index (χ1n) is 15.1. The molecule has 2 aromatic heterocycles. The molecule has 1 fully saturated rings. The number of carbonyl (C=O) groups excluding carboxylic acids is 3. The Labute approximate surface area is 286 Å². The Morgan fingerprint density at radius 1 is 1.14 bits per heavy atom. The van der Waals surface area contributed by atoms with Crippen LogP contribution in [0.5, 0.6) is 5.75 Å². The van der Waals surface area contributed by atoms with Crippen LogP contribution in [0.1, 0.15) is 54.4 Å². The third-order valence-electron chi connectivity index (χ3n) is 8.54. The maximum Gasteiger partial charge on any atom is 0.573 e. The molecule has 1 saturated heterocycles. The number of nitrogens with zero attached hydrogens (tertiary/aromatic N) is 4. The van der Waals surface area contributed by atoms with E-state index in [-0.39, 0.29) is 51.2 Å². The van der Waals surface area contributed by atoms with E-state index in [2.05, 4.69) is 20.2 Å². The first kappa shape index (κ1) is 34.1. The van der Waals surface area contributed by atoms with Crippen LogP contribution >= 0.6 is 23.2 Å². The molecule has 2 N–H and O–H groups in total. The zero-order valence-electron chi connectivity index (χ0n) is 26.0. The topological polar surface area (TPSA) is 143 Å². The number of benzene rings is 2. The number of fused-ring (bicyclic) bond motifs is 1. The van der Waals surface area contributed by atoms with Crippen LogP contribution in [0.15, 0.2) is 64.0 Å². The number of nitrogens with one attached hydrogen (secondary N) is 2. The number of rotatable bonds is 8. The predicted octanol–water partition coefficient (Wildman–Crippen LogP) is 5.53. The second-order valence-corrected chi connectivity index (χ2v) is 13.0. The minimum absolute atomic E-state index is 0.0382. The van der Waals surface area contributed by atoms with Gasteiger partial charge in [0.1, 0.15) is 28.8 Å². The van der Waals surface area contributed by atoms with Crippen molar-refractivity contribution in [1.29, 1.82) is 0 Å². The SMILES string of the molecule is CC(NC(=O)c1cnc2n1[C@](C)(Cc1ccc(OC(F)(F)F)cc1)C(=O)N2c1cc(Cl)cc(Cl)c1)C(=O)N1CCCC(c2cc(=O)[nH]o2)C1. The Hall–Kier alpha value is -4.76. The van der Waals surface area contributed by atoms with Crippen molar-refractivity contribution in [3.8, 4) is 5.75 Å². The normalized spacial score (nSPS) is 19.9. The molecule has 2 unspecified atom stereocenters. The van der Waals surface area contributed by atoms with Crippen molar-refractivity contribution < 1.29 is 36.8 Å². The number of hydrogen-bond acceptors (Lipinski definition) is 7. The number of carbonyl (C=O) groups is 3. The quantitative estimate of drug-likeness (QED) is 0.244. The number of imidazole rings is 1. The van der Waals surface area contributed by atoms with Gasteiger partial charge < -0.3 is 19.5 Å². The minimum Gasteiger partial charge on any atom is -0.406 e. The Bertz CT molecular complexity index is 1960. The summed E-state index contributed by atoms with van der Waals surface area (Å²) in [5.41, 5.74) is -1.19. The molecule has 2 aromatic carbocycles. The van der Waals surface area contributed by atoms with Gasteiger partial charge in [-0.3, -0.25) is 23.7 Å². The zero-order valence-corrected chi connectivity index (χ0v) is 27.5. The fraction of sp³-hybridized carbons (Fsp3) is 0.344. The van der Waals surface area contributed by atoms with Crippen LogP contribution < -0.4 is 20.5 Å². The summed E-state index contributed by atoms with van der Waals surface area (Å²) in [5.74, 6) is -1.67. The van der Waals surface area contributed by atoms with Gasteiger partial charge in [0.2, 0.25) is 11.9 Å². The summed E-state index contributed by atoms with van der Waals surface area (Å²) >= 11 is 12.5. The number of piperidine rings is 1. The number of aromatic amines is 1. The number of ether oxygens (including phenoxy) is 1. The molecule has 17 heteroatoms. The highest BCUT2D eigenvalue weighted by atomic mass is 35.5. The first-order chi connectivity index (χ1) is 23.1. The number of amides is 3. The minimum atomic E-state index is -4.88. The largest absolute Gasteiger partial charge is 0.573 e. The lowest BCUT2D eigenvalue weighted by molar-refractivity contribution is -0.274. The van der Waals surface area contributed by atoms with E-state index in [0.717, 1.165) is 12.1 Å². The second kappa shape index (κ2) is 12.9. The summed E-state index contributed by atoms with van der Waals surface area (Å²) in [5, 5.41) is 5.47. The molecule has 12 nitrogen and oxygen atoms in total. The lowest BCUT2D eigenvalue weighted by atomic mass is 9.91. The van der Waals surface area contributed by atoms with Gasteiger partial charge in [0.15, 0.2) is 0 Å². The first-order valence-corrected chi connectivity index (χ1v) is 15.9. The van der Waals surface area contributed by atoms with Gasteiger partial charge in [-0.2, -0.15) is 5.16 Å². The van der Waals surface area contributed by atoms with Crippen LogP contribution in [0.25, 0.3) is 0 Å². The van der Waals surface area contributed by atoms with Gasteiger partial charge >= 0.3 is 6.36 Å². The van der Waals surface area contributed by atoms with Crippen molar-refractivity contribution >= 4 is 52.6 Å². The summed E-state index contributed by atoms with van der Waals surface area (Å²) in [4.78, 5) is 60.4. The zero-order chi connectivity index (χ0) is 35.2. The fourth-order valence-corrected chi connectivity index (χ4v) is 6.86. The second-order valence-electron chi connectivity index (χ2n) is 12.1. The predicted molar refractivity (Wildman–Crippen MR) is 171 cm³/mol. The van der Waals surface area contributed by atoms with Gasteiger partial charge in [0.25, 0.3) is 17.4 Å². The molecule has 2 aliphatic rings. The Kier molecular flexibility index (Phi) is 9.00. The number of alkyl halides is 3. The fourth-order valence-electron chi connectivity index (χ4n) is 6.35. The molecule has 0 bridgehead atoms. The summed E-state index contributed by atoms with van der Waals surface area (Å²) in [6.07, 6.45) is -2.29. The number of anilines is 2. The third-order valence-corrected chi connectivity index (χ3v) is 8.98. The maximum atomic E-state index is 14.3. The highest BCUT2D eigenvalue weighted by molar-refractivity contribution is 6.35. The molecule has 0 spiro atoms. The van der Waals surface area contributed by atoms with Crippen molar-refractivity contribution in [3.05, 3.63) is 92.1 Å². The average molecular weight is 722 g/mol. The Morgan fingerprint density at radius 3 is 2.47 bits per heavy atom. The molecule has 4 aromatic rings. The van der Waals surface area contributed by atoms with E-state index in [0.29, 0.717) is 37.3 Å². The molecule has 0 saturated carbocycles. The van der Waals surface area contributed by atoms with Crippen molar-refractivity contribution in [1.82, 2.24) is 24.9 Å². The number of hydrogen-bond donors (Lipinski definition) is 2. The average Bonchev–Trinajstić information content (AvgIpc) is 3.72. The molecule has 2 aliphatic heterocycles. The van der Waals surface area contributed by atoms with Crippen LogP contribution in [-0.4, -0.2) is 62.8 Å². The van der Waals surface area contributed by atoms with Gasteiger partial charge in [0.05, 0.1) is 11.9 Å². The number of aromatic nitrogens is 3. The summed E-state index contributed by atoms with van der Waals surface area (Å²) in [7, 11) is 0. The van der Waals surface area contributed by atoms with E-state index in [1.54, 1.807) is 11.8 Å². The van der Waals surface area contributed by atoms with Crippen molar-refractivity contribution in [2.24, 2.45) is 0 Å². The van der Waals surface area contributed by atoms with Crippen LogP contribution in [0.2, 0.25) is 10.0 Å². The van der Waals surface area contributed by atoms with E-state index in [1.165, 1.54) is 59.0 Å². The van der Waals surface area contributed by atoms with Crippen molar-refractivity contribution in [2.45, 2.75) is 57.0 Å². The van der Waals surface area contributed by atoms with Crippen LogP contribution in [0.3, 0.4) is 0 Å². The molecule has 0 aliphatic carbocycles. The molecule has 6 rings (SSSR count). The molecular formula is C32H29Cl2F3N6O6. The lowest BCUT2D eigenvalue weighted by Crippen LogP contribution is -2.50. The van der Waals surface area contributed by atoms with E-state index >= 15 is 0 Å². The van der Waals surface area contributed by atoms with Gasteiger partial charge in [-0.05, 0) is 62.6 Å². The molecule has 3 atom stereocenters. The molecule has 49 heavy (non-hydrogen) atoms. The monoisotopic (exact) mass is 720 g/mol. The Morgan fingerprint density at radius 2 is 1.84 bits per heavy atom.